The van der Waals surface area contributed by atoms with Crippen molar-refractivity contribution in [1.82, 2.24) is 4.90 Å². The molecule has 0 aromatic heterocycles. The maximum absolute atomic E-state index is 12.5. The molecule has 0 spiro atoms. The van der Waals surface area contributed by atoms with Crippen LogP contribution in [0.15, 0.2) is 0 Å². The first-order valence-corrected chi connectivity index (χ1v) is 4.10. The molecule has 0 aliphatic rings. The van der Waals surface area contributed by atoms with E-state index in [2.05, 4.69) is 0 Å². The van der Waals surface area contributed by atoms with Gasteiger partial charge in [0.1, 0.15) is 0 Å². The number of halogens is 2. The predicted molar refractivity (Wildman–Crippen MR) is 43.2 cm³/mol. The van der Waals surface area contributed by atoms with Gasteiger partial charge in [0.15, 0.2) is 0 Å². The molecule has 0 rings (SSSR count). The normalized spacial score (nSPS) is 11.4. The summed E-state index contributed by atoms with van der Waals surface area (Å²) in [5, 5.41) is 0. The fraction of sp³-hybridized carbons (Fsp3) is 0.875. The first kappa shape index (κ1) is 11.3. The Kier molecular flexibility index (Phi) is 4.13. The standard InChI is InChI=1S/C8H15F2NO/c1-4-6-11(5-2)7(12)8(3,9)10/h4-6H2,1-3H3. The maximum Gasteiger partial charge on any atom is 0.322 e. The fourth-order valence-electron chi connectivity index (χ4n) is 0.951. The quantitative estimate of drug-likeness (QED) is 0.645. The van der Waals surface area contributed by atoms with Crippen molar-refractivity contribution in [1.29, 1.82) is 0 Å². The number of amides is 1. The predicted octanol–water partition coefficient (Wildman–Crippen LogP) is 1.90. The van der Waals surface area contributed by atoms with Gasteiger partial charge in [-0.05, 0) is 13.3 Å². The third-order valence-electron chi connectivity index (χ3n) is 1.54. The molecule has 2 nitrogen and oxygen atoms in total. The molecule has 0 unspecified atom stereocenters. The third kappa shape index (κ3) is 3.15. The summed E-state index contributed by atoms with van der Waals surface area (Å²) < 4.78 is 25.0. The van der Waals surface area contributed by atoms with Crippen LogP contribution in [0, 0.1) is 0 Å². The van der Waals surface area contributed by atoms with Crippen LogP contribution in [-0.2, 0) is 4.79 Å². The highest BCUT2D eigenvalue weighted by Crippen LogP contribution is 2.15. The summed E-state index contributed by atoms with van der Waals surface area (Å²) in [5.74, 6) is -4.31. The zero-order chi connectivity index (χ0) is 9.78. The second kappa shape index (κ2) is 4.38. The lowest BCUT2D eigenvalue weighted by atomic mass is 10.3. The van der Waals surface area contributed by atoms with Gasteiger partial charge in [-0.15, -0.1) is 0 Å². The fourth-order valence-corrected chi connectivity index (χ4v) is 0.951. The van der Waals surface area contributed by atoms with E-state index in [-0.39, 0.29) is 0 Å². The third-order valence-corrected chi connectivity index (χ3v) is 1.54. The van der Waals surface area contributed by atoms with Gasteiger partial charge in [-0.3, -0.25) is 4.79 Å². The molecule has 0 bridgehead atoms. The Balaban J connectivity index is 4.22. The zero-order valence-electron chi connectivity index (χ0n) is 7.73. The lowest BCUT2D eigenvalue weighted by Crippen LogP contribution is -2.42. The van der Waals surface area contributed by atoms with Crippen molar-refractivity contribution in [2.45, 2.75) is 33.1 Å². The van der Waals surface area contributed by atoms with Crippen LogP contribution in [0.5, 0.6) is 0 Å². The molecular formula is C8H15F2NO. The summed E-state index contributed by atoms with van der Waals surface area (Å²) in [6.45, 7) is 4.92. The average molecular weight is 179 g/mol. The highest BCUT2D eigenvalue weighted by Gasteiger charge is 2.35. The molecule has 0 radical (unpaired) electrons. The molecule has 0 aromatic carbocycles. The molecule has 0 atom stereocenters. The highest BCUT2D eigenvalue weighted by atomic mass is 19.3. The molecule has 0 fully saturated rings. The van der Waals surface area contributed by atoms with E-state index < -0.39 is 11.8 Å². The number of nitrogens with zero attached hydrogens (tertiary/aromatic N) is 1. The molecule has 4 heteroatoms. The smallest absolute Gasteiger partial charge is 0.322 e. The van der Waals surface area contributed by atoms with Crippen molar-refractivity contribution in [3.05, 3.63) is 0 Å². The summed E-state index contributed by atoms with van der Waals surface area (Å²) >= 11 is 0. The van der Waals surface area contributed by atoms with Gasteiger partial charge >= 0.3 is 5.92 Å². The maximum atomic E-state index is 12.5. The number of alkyl halides is 2. The van der Waals surface area contributed by atoms with E-state index in [4.69, 9.17) is 0 Å². The van der Waals surface area contributed by atoms with Crippen LogP contribution in [-0.4, -0.2) is 29.8 Å². The van der Waals surface area contributed by atoms with Crippen LogP contribution in [0.1, 0.15) is 27.2 Å². The lowest BCUT2D eigenvalue weighted by molar-refractivity contribution is -0.154. The molecule has 12 heavy (non-hydrogen) atoms. The summed E-state index contributed by atoms with van der Waals surface area (Å²) in [7, 11) is 0. The van der Waals surface area contributed by atoms with Gasteiger partial charge in [0.05, 0.1) is 0 Å². The molecule has 0 saturated heterocycles. The van der Waals surface area contributed by atoms with Gasteiger partial charge in [-0.2, -0.15) is 8.78 Å². The van der Waals surface area contributed by atoms with Crippen LogP contribution in [0.4, 0.5) is 8.78 Å². The minimum Gasteiger partial charge on any atom is -0.338 e. The Morgan fingerprint density at radius 1 is 1.42 bits per heavy atom. The second-order valence-corrected chi connectivity index (χ2v) is 2.77. The van der Waals surface area contributed by atoms with E-state index in [1.165, 1.54) is 4.90 Å². The largest absolute Gasteiger partial charge is 0.338 e. The van der Waals surface area contributed by atoms with Gasteiger partial charge in [-0.1, -0.05) is 6.92 Å². The number of rotatable bonds is 4. The number of carbonyl (C=O) groups excluding carboxylic acids is 1. The van der Waals surface area contributed by atoms with E-state index in [0.29, 0.717) is 26.4 Å². The Bertz CT molecular complexity index is 154. The van der Waals surface area contributed by atoms with E-state index in [1.54, 1.807) is 6.92 Å². The first-order chi connectivity index (χ1) is 5.43. The number of carbonyl (C=O) groups is 1. The van der Waals surface area contributed by atoms with Gasteiger partial charge in [0, 0.05) is 20.0 Å². The number of hydrogen-bond donors (Lipinski definition) is 0. The zero-order valence-corrected chi connectivity index (χ0v) is 7.73. The van der Waals surface area contributed by atoms with Crippen molar-refractivity contribution in [3.63, 3.8) is 0 Å². The molecule has 1 amide bonds. The van der Waals surface area contributed by atoms with Crippen molar-refractivity contribution in [2.24, 2.45) is 0 Å². The first-order valence-electron chi connectivity index (χ1n) is 4.10. The SMILES string of the molecule is CCCN(CC)C(=O)C(C)(F)F. The van der Waals surface area contributed by atoms with Crippen molar-refractivity contribution >= 4 is 5.91 Å². The van der Waals surface area contributed by atoms with Crippen LogP contribution in [0.3, 0.4) is 0 Å². The molecule has 0 saturated carbocycles. The van der Waals surface area contributed by atoms with Crippen LogP contribution in [0.2, 0.25) is 0 Å². The average Bonchev–Trinajstić information content (AvgIpc) is 1.97. The van der Waals surface area contributed by atoms with Gasteiger partial charge in [0.2, 0.25) is 0 Å². The topological polar surface area (TPSA) is 20.3 Å². The lowest BCUT2D eigenvalue weighted by Gasteiger charge is -2.23. The van der Waals surface area contributed by atoms with Crippen LogP contribution in [0.25, 0.3) is 0 Å². The summed E-state index contributed by atoms with van der Waals surface area (Å²) in [6, 6.07) is 0. The molecule has 0 aliphatic heterocycles. The summed E-state index contributed by atoms with van der Waals surface area (Å²) in [4.78, 5) is 12.1. The monoisotopic (exact) mass is 179 g/mol. The molecule has 0 aromatic rings. The molecule has 72 valence electrons. The van der Waals surface area contributed by atoms with Crippen molar-refractivity contribution in [3.8, 4) is 0 Å². The molecule has 0 heterocycles. The van der Waals surface area contributed by atoms with Crippen LogP contribution < -0.4 is 0 Å². The Morgan fingerprint density at radius 3 is 2.17 bits per heavy atom. The molecular weight excluding hydrogens is 164 g/mol. The minimum atomic E-state index is -3.23. The van der Waals surface area contributed by atoms with Gasteiger partial charge in [-0.25, -0.2) is 0 Å². The Labute approximate surface area is 71.5 Å². The van der Waals surface area contributed by atoms with E-state index in [0.717, 1.165) is 0 Å². The number of hydrogen-bond acceptors (Lipinski definition) is 1. The van der Waals surface area contributed by atoms with Gasteiger partial charge < -0.3 is 4.90 Å². The summed E-state index contributed by atoms with van der Waals surface area (Å²) in [6.07, 6.45) is 0.704. The van der Waals surface area contributed by atoms with E-state index in [1.807, 2.05) is 6.92 Å². The van der Waals surface area contributed by atoms with E-state index in [9.17, 15) is 13.6 Å². The van der Waals surface area contributed by atoms with Crippen molar-refractivity contribution in [2.75, 3.05) is 13.1 Å². The summed E-state index contributed by atoms with van der Waals surface area (Å²) in [5.41, 5.74) is 0. The Morgan fingerprint density at radius 2 is 1.92 bits per heavy atom. The van der Waals surface area contributed by atoms with Crippen molar-refractivity contribution < 1.29 is 13.6 Å². The minimum absolute atomic E-state index is 0.343. The second-order valence-electron chi connectivity index (χ2n) is 2.77. The van der Waals surface area contributed by atoms with Gasteiger partial charge in [0.25, 0.3) is 5.91 Å². The van der Waals surface area contributed by atoms with Crippen LogP contribution >= 0.6 is 0 Å². The Hall–Kier alpha value is -0.670. The highest BCUT2D eigenvalue weighted by molar-refractivity contribution is 5.82. The van der Waals surface area contributed by atoms with E-state index >= 15 is 0 Å². The molecule has 0 N–H and O–H groups in total. The molecule has 0 aliphatic carbocycles.